The summed E-state index contributed by atoms with van der Waals surface area (Å²) in [6.07, 6.45) is 4.00. The molecule has 2 saturated heterocycles. The van der Waals surface area contributed by atoms with Gasteiger partial charge in [0.2, 0.25) is 5.91 Å². The van der Waals surface area contributed by atoms with Gasteiger partial charge in [0.25, 0.3) is 5.91 Å². The zero-order valence-corrected chi connectivity index (χ0v) is 16.8. The number of ether oxygens (including phenoxy) is 1. The van der Waals surface area contributed by atoms with Crippen molar-refractivity contribution in [2.24, 2.45) is 0 Å². The molecule has 1 atom stereocenters. The van der Waals surface area contributed by atoms with Gasteiger partial charge in [0.1, 0.15) is 6.10 Å². The Kier molecular flexibility index (Phi) is 5.94. The lowest BCUT2D eigenvalue weighted by Gasteiger charge is -2.35. The minimum absolute atomic E-state index is 0.0676. The lowest BCUT2D eigenvalue weighted by Crippen LogP contribution is -2.52. The second-order valence-electron chi connectivity index (χ2n) is 7.69. The fourth-order valence-electron chi connectivity index (χ4n) is 3.80. The number of carbonyl (C=O) groups is 2. The van der Waals surface area contributed by atoms with Gasteiger partial charge >= 0.3 is 0 Å². The van der Waals surface area contributed by atoms with Crippen molar-refractivity contribution in [3.05, 3.63) is 41.9 Å². The predicted molar refractivity (Wildman–Crippen MR) is 107 cm³/mol. The molecular formula is C22H27N3O4. The number of nitrogens with zero attached hydrogens (tertiary/aromatic N) is 3. The van der Waals surface area contributed by atoms with E-state index in [-0.39, 0.29) is 17.9 Å². The van der Waals surface area contributed by atoms with E-state index in [9.17, 15) is 9.59 Å². The largest absolute Gasteiger partial charge is 0.441 e. The molecule has 1 aromatic heterocycles. The van der Waals surface area contributed by atoms with E-state index >= 15 is 0 Å². The summed E-state index contributed by atoms with van der Waals surface area (Å²) >= 11 is 0. The molecule has 7 nitrogen and oxygen atoms in total. The third kappa shape index (κ3) is 4.67. The summed E-state index contributed by atoms with van der Waals surface area (Å²) in [7, 11) is 0. The van der Waals surface area contributed by atoms with Crippen molar-refractivity contribution in [1.29, 1.82) is 0 Å². The van der Waals surface area contributed by atoms with Crippen LogP contribution in [-0.2, 0) is 20.7 Å². The molecule has 0 spiro atoms. The van der Waals surface area contributed by atoms with Crippen LogP contribution in [0.5, 0.6) is 0 Å². The molecule has 0 aliphatic carbocycles. The van der Waals surface area contributed by atoms with Crippen LogP contribution in [-0.4, -0.2) is 65.5 Å². The Hall–Kier alpha value is -2.67. The van der Waals surface area contributed by atoms with Crippen molar-refractivity contribution < 1.29 is 18.7 Å². The van der Waals surface area contributed by atoms with E-state index in [4.69, 9.17) is 9.15 Å². The number of oxazole rings is 1. The Bertz CT molecular complexity index is 847. The van der Waals surface area contributed by atoms with Gasteiger partial charge in [0.15, 0.2) is 11.7 Å². The molecule has 3 heterocycles. The molecule has 1 aromatic carbocycles. The van der Waals surface area contributed by atoms with Crippen LogP contribution < -0.4 is 0 Å². The molecule has 2 aliphatic rings. The maximum absolute atomic E-state index is 12.5. The van der Waals surface area contributed by atoms with Crippen LogP contribution in [0.15, 0.2) is 34.9 Å². The summed E-state index contributed by atoms with van der Waals surface area (Å²) < 4.78 is 11.3. The number of aromatic nitrogens is 1. The molecule has 2 aliphatic heterocycles. The first-order valence-electron chi connectivity index (χ1n) is 10.3. The Morgan fingerprint density at radius 3 is 2.52 bits per heavy atom. The van der Waals surface area contributed by atoms with Crippen LogP contribution in [0.2, 0.25) is 0 Å². The molecule has 2 fully saturated rings. The molecule has 2 aromatic rings. The van der Waals surface area contributed by atoms with E-state index in [1.807, 2.05) is 41.0 Å². The van der Waals surface area contributed by atoms with Crippen molar-refractivity contribution >= 4 is 11.8 Å². The molecule has 0 radical (unpaired) electrons. The van der Waals surface area contributed by atoms with Gasteiger partial charge in [-0.25, -0.2) is 4.98 Å². The second-order valence-corrected chi connectivity index (χ2v) is 7.69. The molecule has 0 bridgehead atoms. The summed E-state index contributed by atoms with van der Waals surface area (Å²) in [4.78, 5) is 32.9. The van der Waals surface area contributed by atoms with Crippen molar-refractivity contribution in [3.63, 3.8) is 0 Å². The van der Waals surface area contributed by atoms with E-state index in [0.29, 0.717) is 57.3 Å². The van der Waals surface area contributed by atoms with Crippen LogP contribution in [0.25, 0.3) is 11.3 Å². The van der Waals surface area contributed by atoms with Gasteiger partial charge in [-0.1, -0.05) is 29.8 Å². The van der Waals surface area contributed by atoms with Gasteiger partial charge < -0.3 is 19.0 Å². The third-order valence-electron chi connectivity index (χ3n) is 5.59. The summed E-state index contributed by atoms with van der Waals surface area (Å²) in [6, 6.07) is 8.07. The van der Waals surface area contributed by atoms with Gasteiger partial charge in [-0.05, 0) is 19.8 Å². The van der Waals surface area contributed by atoms with Crippen LogP contribution in [0.4, 0.5) is 0 Å². The summed E-state index contributed by atoms with van der Waals surface area (Å²) in [5, 5.41) is 0. The van der Waals surface area contributed by atoms with E-state index in [1.54, 1.807) is 6.20 Å². The molecule has 1 unspecified atom stereocenters. The highest BCUT2D eigenvalue weighted by molar-refractivity contribution is 5.82. The Labute approximate surface area is 170 Å². The molecule has 0 N–H and O–H groups in total. The van der Waals surface area contributed by atoms with Crippen molar-refractivity contribution in [1.82, 2.24) is 14.8 Å². The number of piperazine rings is 1. The Morgan fingerprint density at radius 1 is 1.10 bits per heavy atom. The summed E-state index contributed by atoms with van der Waals surface area (Å²) in [5.41, 5.74) is 2.17. The van der Waals surface area contributed by atoms with Gasteiger partial charge in [-0.3, -0.25) is 9.59 Å². The highest BCUT2D eigenvalue weighted by atomic mass is 16.5. The number of amides is 2. The van der Waals surface area contributed by atoms with Gasteiger partial charge in [0, 0.05) is 51.2 Å². The molecule has 29 heavy (non-hydrogen) atoms. The van der Waals surface area contributed by atoms with Crippen LogP contribution >= 0.6 is 0 Å². The molecule has 0 saturated carbocycles. The predicted octanol–water partition coefficient (Wildman–Crippen LogP) is 2.43. The smallest absolute Gasteiger partial charge is 0.251 e. The van der Waals surface area contributed by atoms with Crippen molar-refractivity contribution in [2.45, 2.75) is 38.7 Å². The molecular weight excluding hydrogens is 370 g/mol. The minimum atomic E-state index is -0.287. The average molecular weight is 397 g/mol. The lowest BCUT2D eigenvalue weighted by molar-refractivity contribution is -0.146. The van der Waals surface area contributed by atoms with Gasteiger partial charge in [-0.2, -0.15) is 0 Å². The third-order valence-corrected chi connectivity index (χ3v) is 5.59. The summed E-state index contributed by atoms with van der Waals surface area (Å²) in [6.45, 7) is 4.98. The van der Waals surface area contributed by atoms with E-state index in [2.05, 4.69) is 4.98 Å². The maximum atomic E-state index is 12.5. The number of benzene rings is 1. The molecule has 2 amide bonds. The molecule has 154 valence electrons. The van der Waals surface area contributed by atoms with E-state index in [0.717, 1.165) is 18.4 Å². The first-order chi connectivity index (χ1) is 14.1. The normalized spacial score (nSPS) is 19.6. The van der Waals surface area contributed by atoms with Crippen molar-refractivity contribution in [2.75, 3.05) is 32.8 Å². The van der Waals surface area contributed by atoms with Gasteiger partial charge in [-0.15, -0.1) is 0 Å². The number of rotatable bonds is 5. The SMILES string of the molecule is Cc1ccc(-c2cnc(CCC(=O)N3CCN(C(=O)C4CCCO4)CC3)o2)cc1. The Morgan fingerprint density at radius 2 is 1.83 bits per heavy atom. The average Bonchev–Trinajstić information content (AvgIpc) is 3.44. The van der Waals surface area contributed by atoms with Crippen LogP contribution in [0.1, 0.15) is 30.7 Å². The van der Waals surface area contributed by atoms with Crippen LogP contribution in [0.3, 0.4) is 0 Å². The fourth-order valence-corrected chi connectivity index (χ4v) is 3.80. The highest BCUT2D eigenvalue weighted by Crippen LogP contribution is 2.21. The standard InChI is InChI=1S/C22H27N3O4/c1-16-4-6-17(7-5-16)19-15-23-20(29-19)8-9-21(26)24-10-12-25(13-11-24)22(27)18-3-2-14-28-18/h4-7,15,18H,2-3,8-14H2,1H3. The van der Waals surface area contributed by atoms with E-state index < -0.39 is 0 Å². The van der Waals surface area contributed by atoms with Gasteiger partial charge in [0.05, 0.1) is 6.20 Å². The zero-order chi connectivity index (χ0) is 20.2. The monoisotopic (exact) mass is 397 g/mol. The quantitative estimate of drug-likeness (QED) is 0.775. The van der Waals surface area contributed by atoms with Crippen LogP contribution in [0, 0.1) is 6.92 Å². The first kappa shape index (κ1) is 19.6. The summed E-state index contributed by atoms with van der Waals surface area (Å²) in [5.74, 6) is 1.43. The number of hydrogen-bond acceptors (Lipinski definition) is 5. The maximum Gasteiger partial charge on any atom is 0.251 e. The lowest BCUT2D eigenvalue weighted by atomic mass is 10.1. The topological polar surface area (TPSA) is 75.9 Å². The first-order valence-corrected chi connectivity index (χ1v) is 10.3. The fraction of sp³-hybridized carbons (Fsp3) is 0.500. The highest BCUT2D eigenvalue weighted by Gasteiger charge is 2.31. The molecule has 7 heteroatoms. The number of aryl methyl sites for hydroxylation is 2. The molecule has 4 rings (SSSR count). The zero-order valence-electron chi connectivity index (χ0n) is 16.8. The Balaban J connectivity index is 1.24. The minimum Gasteiger partial charge on any atom is -0.441 e. The number of carbonyl (C=O) groups excluding carboxylic acids is 2. The van der Waals surface area contributed by atoms with Crippen molar-refractivity contribution in [3.8, 4) is 11.3 Å². The second kappa shape index (κ2) is 8.78. The van der Waals surface area contributed by atoms with E-state index in [1.165, 1.54) is 5.56 Å². The number of hydrogen-bond donors (Lipinski definition) is 0.